The molecule has 0 atom stereocenters. The first-order chi connectivity index (χ1) is 9.15. The molecule has 0 spiro atoms. The SMILES string of the molecule is Nc1noc(-c2cccs2)c1-c1cc(F)cc(F)c1. The molecule has 0 saturated carbocycles. The van der Waals surface area contributed by atoms with Crippen LogP contribution in [0.5, 0.6) is 0 Å². The van der Waals surface area contributed by atoms with E-state index in [4.69, 9.17) is 10.3 Å². The van der Waals surface area contributed by atoms with E-state index in [1.165, 1.54) is 23.5 Å². The molecule has 3 nitrogen and oxygen atoms in total. The lowest BCUT2D eigenvalue weighted by atomic mass is 10.0. The quantitative estimate of drug-likeness (QED) is 0.772. The molecule has 0 fully saturated rings. The van der Waals surface area contributed by atoms with Crippen LogP contribution in [0.4, 0.5) is 14.6 Å². The number of thiophene rings is 1. The summed E-state index contributed by atoms with van der Waals surface area (Å²) in [4.78, 5) is 0.795. The Bertz CT molecular complexity index is 702. The largest absolute Gasteiger partial charge is 0.380 e. The number of halogens is 2. The van der Waals surface area contributed by atoms with Crippen LogP contribution < -0.4 is 5.73 Å². The Morgan fingerprint density at radius 1 is 1.16 bits per heavy atom. The number of hydrogen-bond donors (Lipinski definition) is 1. The van der Waals surface area contributed by atoms with Crippen molar-refractivity contribution in [1.82, 2.24) is 5.16 Å². The third-order valence-corrected chi connectivity index (χ3v) is 3.48. The van der Waals surface area contributed by atoms with Crippen LogP contribution in [0.1, 0.15) is 0 Å². The molecule has 0 radical (unpaired) electrons. The van der Waals surface area contributed by atoms with Gasteiger partial charge in [0.05, 0.1) is 10.4 Å². The highest BCUT2D eigenvalue weighted by atomic mass is 32.1. The van der Waals surface area contributed by atoms with E-state index in [0.717, 1.165) is 10.9 Å². The van der Waals surface area contributed by atoms with E-state index in [9.17, 15) is 8.78 Å². The van der Waals surface area contributed by atoms with Crippen LogP contribution in [-0.4, -0.2) is 5.16 Å². The van der Waals surface area contributed by atoms with Gasteiger partial charge in [0.2, 0.25) is 0 Å². The van der Waals surface area contributed by atoms with Crippen LogP contribution in [0.2, 0.25) is 0 Å². The minimum Gasteiger partial charge on any atom is -0.380 e. The molecular formula is C13H8F2N2OS. The Labute approximate surface area is 111 Å². The predicted octanol–water partition coefficient (Wildman–Crippen LogP) is 3.93. The van der Waals surface area contributed by atoms with E-state index in [2.05, 4.69) is 5.16 Å². The van der Waals surface area contributed by atoms with Gasteiger partial charge in [0.1, 0.15) is 11.6 Å². The number of nitrogens with zero attached hydrogens (tertiary/aromatic N) is 1. The molecule has 6 heteroatoms. The van der Waals surface area contributed by atoms with Crippen molar-refractivity contribution in [1.29, 1.82) is 0 Å². The summed E-state index contributed by atoms with van der Waals surface area (Å²) in [6.07, 6.45) is 0. The van der Waals surface area contributed by atoms with Crippen LogP contribution in [0, 0.1) is 11.6 Å². The van der Waals surface area contributed by atoms with Gasteiger partial charge in [0.25, 0.3) is 0 Å². The highest BCUT2D eigenvalue weighted by Gasteiger charge is 2.19. The summed E-state index contributed by atoms with van der Waals surface area (Å²) in [6.45, 7) is 0. The van der Waals surface area contributed by atoms with Gasteiger partial charge in [-0.15, -0.1) is 11.3 Å². The van der Waals surface area contributed by atoms with E-state index >= 15 is 0 Å². The van der Waals surface area contributed by atoms with Gasteiger partial charge in [0, 0.05) is 6.07 Å². The first-order valence-electron chi connectivity index (χ1n) is 5.40. The Balaban J connectivity index is 2.22. The second-order valence-electron chi connectivity index (χ2n) is 3.91. The summed E-state index contributed by atoms with van der Waals surface area (Å²) >= 11 is 1.43. The lowest BCUT2D eigenvalue weighted by Crippen LogP contribution is -1.90. The fraction of sp³-hybridized carbons (Fsp3) is 0. The molecule has 0 aliphatic heterocycles. The summed E-state index contributed by atoms with van der Waals surface area (Å²) in [5, 5.41) is 5.54. The normalized spacial score (nSPS) is 10.8. The lowest BCUT2D eigenvalue weighted by molar-refractivity contribution is 0.437. The molecule has 1 aromatic carbocycles. The van der Waals surface area contributed by atoms with Crippen LogP contribution in [0.3, 0.4) is 0 Å². The molecule has 19 heavy (non-hydrogen) atoms. The zero-order chi connectivity index (χ0) is 13.4. The third kappa shape index (κ3) is 2.10. The number of hydrogen-bond acceptors (Lipinski definition) is 4. The van der Waals surface area contributed by atoms with Crippen molar-refractivity contribution in [2.24, 2.45) is 0 Å². The number of nitrogen functional groups attached to an aromatic ring is 1. The minimum absolute atomic E-state index is 0.105. The lowest BCUT2D eigenvalue weighted by Gasteiger charge is -2.02. The van der Waals surface area contributed by atoms with Gasteiger partial charge in [-0.3, -0.25) is 0 Å². The fourth-order valence-electron chi connectivity index (χ4n) is 1.86. The second-order valence-corrected chi connectivity index (χ2v) is 4.86. The molecule has 0 aliphatic carbocycles. The molecular weight excluding hydrogens is 270 g/mol. The molecule has 2 N–H and O–H groups in total. The number of anilines is 1. The van der Waals surface area contributed by atoms with Crippen LogP contribution in [0.15, 0.2) is 40.2 Å². The van der Waals surface area contributed by atoms with Crippen molar-refractivity contribution in [3.63, 3.8) is 0 Å². The Hall–Kier alpha value is -2.21. The van der Waals surface area contributed by atoms with Crippen molar-refractivity contribution in [3.05, 3.63) is 47.3 Å². The molecule has 2 heterocycles. The standard InChI is InChI=1S/C13H8F2N2OS/c14-8-4-7(5-9(15)6-8)11-12(18-17-13(11)16)10-2-1-3-19-10/h1-6H,(H2,16,17). The highest BCUT2D eigenvalue weighted by Crippen LogP contribution is 2.38. The van der Waals surface area contributed by atoms with E-state index in [0.29, 0.717) is 16.9 Å². The summed E-state index contributed by atoms with van der Waals surface area (Å²) in [7, 11) is 0. The van der Waals surface area contributed by atoms with Crippen molar-refractivity contribution in [2.75, 3.05) is 5.73 Å². The molecule has 3 aromatic rings. The zero-order valence-corrected chi connectivity index (χ0v) is 10.4. The summed E-state index contributed by atoms with van der Waals surface area (Å²) < 4.78 is 31.8. The van der Waals surface area contributed by atoms with Gasteiger partial charge >= 0.3 is 0 Å². The van der Waals surface area contributed by atoms with Gasteiger partial charge in [-0.25, -0.2) is 8.78 Å². The number of benzene rings is 1. The van der Waals surface area contributed by atoms with Gasteiger partial charge in [0.15, 0.2) is 11.6 Å². The van der Waals surface area contributed by atoms with E-state index < -0.39 is 11.6 Å². The van der Waals surface area contributed by atoms with Crippen LogP contribution >= 0.6 is 11.3 Å². The van der Waals surface area contributed by atoms with Crippen LogP contribution in [0.25, 0.3) is 21.8 Å². The molecule has 3 rings (SSSR count). The van der Waals surface area contributed by atoms with Gasteiger partial charge in [-0.2, -0.15) is 0 Å². The summed E-state index contributed by atoms with van der Waals surface area (Å²) in [5.74, 6) is -0.827. The number of nitrogens with two attached hydrogens (primary N) is 1. The fourth-order valence-corrected chi connectivity index (χ4v) is 2.56. The smallest absolute Gasteiger partial charge is 0.186 e. The average Bonchev–Trinajstić information content (AvgIpc) is 2.95. The van der Waals surface area contributed by atoms with Crippen molar-refractivity contribution in [2.45, 2.75) is 0 Å². The first-order valence-corrected chi connectivity index (χ1v) is 6.28. The van der Waals surface area contributed by atoms with Gasteiger partial charge in [-0.05, 0) is 29.1 Å². The number of rotatable bonds is 2. The third-order valence-electron chi connectivity index (χ3n) is 2.61. The molecule has 0 saturated heterocycles. The Morgan fingerprint density at radius 3 is 2.53 bits per heavy atom. The van der Waals surface area contributed by atoms with Crippen molar-refractivity contribution >= 4 is 17.2 Å². The Morgan fingerprint density at radius 2 is 1.89 bits per heavy atom. The monoisotopic (exact) mass is 278 g/mol. The summed E-state index contributed by atoms with van der Waals surface area (Å²) in [5.41, 5.74) is 6.44. The highest BCUT2D eigenvalue weighted by molar-refractivity contribution is 7.13. The molecule has 96 valence electrons. The maximum absolute atomic E-state index is 13.3. The molecule has 0 bridgehead atoms. The second kappa shape index (κ2) is 4.47. The molecule has 0 unspecified atom stereocenters. The van der Waals surface area contributed by atoms with Crippen molar-refractivity contribution < 1.29 is 13.3 Å². The maximum atomic E-state index is 13.3. The van der Waals surface area contributed by atoms with Gasteiger partial charge < -0.3 is 10.3 Å². The Kier molecular flexibility index (Phi) is 2.79. The molecule has 0 aliphatic rings. The van der Waals surface area contributed by atoms with Gasteiger partial charge in [-0.1, -0.05) is 11.2 Å². The average molecular weight is 278 g/mol. The van der Waals surface area contributed by atoms with E-state index in [-0.39, 0.29) is 5.82 Å². The van der Waals surface area contributed by atoms with E-state index in [1.54, 1.807) is 0 Å². The topological polar surface area (TPSA) is 52.0 Å². The number of aromatic nitrogens is 1. The zero-order valence-electron chi connectivity index (χ0n) is 9.56. The van der Waals surface area contributed by atoms with Crippen LogP contribution in [-0.2, 0) is 0 Å². The summed E-state index contributed by atoms with van der Waals surface area (Å²) in [6, 6.07) is 6.86. The van der Waals surface area contributed by atoms with Crippen molar-refractivity contribution in [3.8, 4) is 21.8 Å². The first kappa shape index (κ1) is 11.9. The molecule has 2 aromatic heterocycles. The maximum Gasteiger partial charge on any atom is 0.186 e. The molecule has 0 amide bonds. The minimum atomic E-state index is -0.673. The predicted molar refractivity (Wildman–Crippen MR) is 69.6 cm³/mol. The van der Waals surface area contributed by atoms with E-state index in [1.807, 2.05) is 17.5 Å².